The lowest BCUT2D eigenvalue weighted by molar-refractivity contribution is 0.493. The second-order valence-corrected chi connectivity index (χ2v) is 5.41. The van der Waals surface area contributed by atoms with Crippen molar-refractivity contribution in [1.29, 1.82) is 5.26 Å². The molecule has 0 N–H and O–H groups in total. The van der Waals surface area contributed by atoms with Crippen LogP contribution in [0.25, 0.3) is 0 Å². The minimum atomic E-state index is 0.349. The minimum absolute atomic E-state index is 0.349. The lowest BCUT2D eigenvalue weighted by Gasteiger charge is -2.32. The van der Waals surface area contributed by atoms with Crippen molar-refractivity contribution in [2.24, 2.45) is 0 Å². The average molecular weight is 300 g/mol. The quantitative estimate of drug-likeness (QED) is 0.853. The van der Waals surface area contributed by atoms with E-state index in [1.165, 1.54) is 6.20 Å². The third-order valence-electron chi connectivity index (χ3n) is 3.73. The van der Waals surface area contributed by atoms with E-state index in [9.17, 15) is 0 Å². The second kappa shape index (κ2) is 6.06. The number of halogens is 1. The molecule has 1 aliphatic rings. The molecule has 0 saturated carbocycles. The molecule has 0 bridgehead atoms. The summed E-state index contributed by atoms with van der Waals surface area (Å²) in [6, 6.07) is 5.76. The molecule has 0 unspecified atom stereocenters. The molecule has 2 aromatic heterocycles. The van der Waals surface area contributed by atoms with Gasteiger partial charge in [-0.3, -0.25) is 9.97 Å². The fourth-order valence-electron chi connectivity index (χ4n) is 2.64. The van der Waals surface area contributed by atoms with Gasteiger partial charge in [0.15, 0.2) is 5.69 Å². The third-order valence-corrected chi connectivity index (χ3v) is 4.05. The highest BCUT2D eigenvalue weighted by molar-refractivity contribution is 6.31. The van der Waals surface area contributed by atoms with Crippen molar-refractivity contribution >= 4 is 17.4 Å². The molecule has 106 valence electrons. The first-order chi connectivity index (χ1) is 10.3. The largest absolute Gasteiger partial charge is 0.355 e. The molecular formula is C15H14ClN5. The Morgan fingerprint density at radius 1 is 1.29 bits per heavy atom. The highest BCUT2D eigenvalue weighted by Gasteiger charge is 2.24. The summed E-state index contributed by atoms with van der Waals surface area (Å²) in [7, 11) is 0. The summed E-state index contributed by atoms with van der Waals surface area (Å²) in [4.78, 5) is 14.9. The van der Waals surface area contributed by atoms with Crippen LogP contribution in [0.4, 0.5) is 5.82 Å². The monoisotopic (exact) mass is 299 g/mol. The number of nitriles is 1. The fraction of sp³-hybridized carbons (Fsp3) is 0.333. The zero-order chi connectivity index (χ0) is 14.7. The molecule has 1 aliphatic heterocycles. The van der Waals surface area contributed by atoms with Gasteiger partial charge in [0.05, 0.1) is 23.1 Å². The van der Waals surface area contributed by atoms with E-state index < -0.39 is 0 Å². The summed E-state index contributed by atoms with van der Waals surface area (Å²) in [5, 5.41) is 9.63. The van der Waals surface area contributed by atoms with Crippen LogP contribution >= 0.6 is 11.6 Å². The van der Waals surface area contributed by atoms with Gasteiger partial charge in [0.25, 0.3) is 0 Å². The first-order valence-corrected chi connectivity index (χ1v) is 7.23. The molecule has 0 radical (unpaired) electrons. The predicted octanol–water partition coefficient (Wildman–Crippen LogP) is 2.78. The Morgan fingerprint density at radius 2 is 2.10 bits per heavy atom. The van der Waals surface area contributed by atoms with E-state index in [1.54, 1.807) is 12.4 Å². The van der Waals surface area contributed by atoms with E-state index in [-0.39, 0.29) is 0 Å². The van der Waals surface area contributed by atoms with Crippen LogP contribution in [0.2, 0.25) is 5.02 Å². The maximum atomic E-state index is 8.89. The molecule has 21 heavy (non-hydrogen) atoms. The number of rotatable bonds is 2. The van der Waals surface area contributed by atoms with Crippen LogP contribution in [0.1, 0.15) is 30.1 Å². The van der Waals surface area contributed by atoms with Crippen molar-refractivity contribution in [2.75, 3.05) is 18.0 Å². The molecule has 0 spiro atoms. The lowest BCUT2D eigenvalue weighted by Crippen LogP contribution is -2.34. The van der Waals surface area contributed by atoms with Crippen LogP contribution in [-0.2, 0) is 0 Å². The Morgan fingerprint density at radius 3 is 2.81 bits per heavy atom. The van der Waals surface area contributed by atoms with Gasteiger partial charge in [-0.15, -0.1) is 0 Å². The van der Waals surface area contributed by atoms with Gasteiger partial charge in [-0.2, -0.15) is 5.26 Å². The molecule has 1 fully saturated rings. The van der Waals surface area contributed by atoms with E-state index in [4.69, 9.17) is 16.9 Å². The fourth-order valence-corrected chi connectivity index (χ4v) is 2.92. The first kappa shape index (κ1) is 13.8. The smallest absolute Gasteiger partial charge is 0.161 e. The maximum absolute atomic E-state index is 8.89. The Kier molecular flexibility index (Phi) is 3.98. The van der Waals surface area contributed by atoms with Crippen molar-refractivity contribution in [1.82, 2.24) is 15.0 Å². The standard InChI is InChI=1S/C15H14ClN5/c16-13-2-1-5-19-15(13)11-3-6-21(7-4-11)14-10-18-9-12(8-17)20-14/h1-2,5,9-11H,3-4,6-7H2. The predicted molar refractivity (Wildman–Crippen MR) is 80.2 cm³/mol. The molecule has 0 atom stereocenters. The molecule has 0 aromatic carbocycles. The summed E-state index contributed by atoms with van der Waals surface area (Å²) < 4.78 is 0. The van der Waals surface area contributed by atoms with Crippen LogP contribution in [0.5, 0.6) is 0 Å². The van der Waals surface area contributed by atoms with Crippen molar-refractivity contribution in [3.8, 4) is 6.07 Å². The molecule has 5 nitrogen and oxygen atoms in total. The Balaban J connectivity index is 1.71. The van der Waals surface area contributed by atoms with Gasteiger partial charge in [0.2, 0.25) is 0 Å². The van der Waals surface area contributed by atoms with E-state index in [2.05, 4.69) is 19.9 Å². The molecule has 3 rings (SSSR count). The second-order valence-electron chi connectivity index (χ2n) is 5.01. The number of piperidine rings is 1. The molecule has 3 heterocycles. The molecule has 6 heteroatoms. The Hall–Kier alpha value is -2.19. The van der Waals surface area contributed by atoms with Crippen LogP contribution in [-0.4, -0.2) is 28.0 Å². The minimum Gasteiger partial charge on any atom is -0.355 e. The number of aromatic nitrogens is 3. The Labute approximate surface area is 128 Å². The summed E-state index contributed by atoms with van der Waals surface area (Å²) in [6.45, 7) is 1.72. The molecule has 1 saturated heterocycles. The van der Waals surface area contributed by atoms with Gasteiger partial charge in [0, 0.05) is 25.2 Å². The van der Waals surface area contributed by atoms with E-state index in [1.807, 2.05) is 18.2 Å². The van der Waals surface area contributed by atoms with E-state index in [0.717, 1.165) is 42.5 Å². The normalized spacial score (nSPS) is 15.7. The average Bonchev–Trinajstić information content (AvgIpc) is 2.56. The van der Waals surface area contributed by atoms with E-state index in [0.29, 0.717) is 11.6 Å². The molecular weight excluding hydrogens is 286 g/mol. The summed E-state index contributed by atoms with van der Waals surface area (Å²) in [5.41, 5.74) is 1.33. The van der Waals surface area contributed by atoms with Crippen molar-refractivity contribution < 1.29 is 0 Å². The SMILES string of the molecule is N#Cc1cncc(N2CCC(c3ncccc3Cl)CC2)n1. The Bertz CT molecular complexity index is 674. The first-order valence-electron chi connectivity index (χ1n) is 6.85. The number of nitrogens with zero attached hydrogens (tertiary/aromatic N) is 5. The topological polar surface area (TPSA) is 65.7 Å². The van der Waals surface area contributed by atoms with Gasteiger partial charge < -0.3 is 4.90 Å². The summed E-state index contributed by atoms with van der Waals surface area (Å²) in [6.07, 6.45) is 6.90. The zero-order valence-electron chi connectivity index (χ0n) is 11.4. The van der Waals surface area contributed by atoms with Gasteiger partial charge in [-0.25, -0.2) is 4.98 Å². The van der Waals surface area contributed by atoms with E-state index >= 15 is 0 Å². The van der Waals surface area contributed by atoms with Crippen LogP contribution in [0.3, 0.4) is 0 Å². The highest BCUT2D eigenvalue weighted by Crippen LogP contribution is 2.32. The number of hydrogen-bond donors (Lipinski definition) is 0. The number of pyridine rings is 1. The van der Waals surface area contributed by atoms with Gasteiger partial charge in [0.1, 0.15) is 11.9 Å². The zero-order valence-corrected chi connectivity index (χ0v) is 12.2. The van der Waals surface area contributed by atoms with Gasteiger partial charge >= 0.3 is 0 Å². The number of anilines is 1. The van der Waals surface area contributed by atoms with Gasteiger partial charge in [-0.1, -0.05) is 11.6 Å². The molecule has 0 aliphatic carbocycles. The third kappa shape index (κ3) is 2.96. The van der Waals surface area contributed by atoms with Crippen LogP contribution < -0.4 is 4.90 Å². The summed E-state index contributed by atoms with van der Waals surface area (Å²) >= 11 is 6.22. The molecule has 0 amide bonds. The van der Waals surface area contributed by atoms with Gasteiger partial charge in [-0.05, 0) is 25.0 Å². The lowest BCUT2D eigenvalue weighted by atomic mass is 9.93. The van der Waals surface area contributed by atoms with Crippen molar-refractivity contribution in [3.63, 3.8) is 0 Å². The molecule has 2 aromatic rings. The van der Waals surface area contributed by atoms with Crippen LogP contribution in [0.15, 0.2) is 30.7 Å². The van der Waals surface area contributed by atoms with Crippen molar-refractivity contribution in [3.05, 3.63) is 47.1 Å². The maximum Gasteiger partial charge on any atom is 0.161 e. The van der Waals surface area contributed by atoms with Crippen LogP contribution in [0, 0.1) is 11.3 Å². The number of hydrogen-bond acceptors (Lipinski definition) is 5. The highest BCUT2D eigenvalue weighted by atomic mass is 35.5. The van der Waals surface area contributed by atoms with Crippen molar-refractivity contribution in [2.45, 2.75) is 18.8 Å². The summed E-state index contributed by atoms with van der Waals surface area (Å²) in [5.74, 6) is 1.14.